The lowest BCUT2D eigenvalue weighted by Crippen LogP contribution is -2.50. The first-order chi connectivity index (χ1) is 20.0. The molecule has 0 unspecified atom stereocenters. The summed E-state index contributed by atoms with van der Waals surface area (Å²) in [4.78, 5) is 33.8. The predicted molar refractivity (Wildman–Crippen MR) is 157 cm³/mol. The summed E-state index contributed by atoms with van der Waals surface area (Å²) in [6.07, 6.45) is 3.13. The molecule has 2 amide bonds. The number of anilines is 1. The minimum atomic E-state index is -1.03. The third kappa shape index (κ3) is 9.32. The Bertz CT molecular complexity index is 1160. The number of nitrogens with zero attached hydrogens (tertiary/aromatic N) is 4. The molecule has 2 fully saturated rings. The number of hydrogen-bond donors (Lipinski definition) is 1. The van der Waals surface area contributed by atoms with Gasteiger partial charge in [-0.25, -0.2) is 9.18 Å². The van der Waals surface area contributed by atoms with Gasteiger partial charge in [-0.15, -0.1) is 0 Å². The van der Waals surface area contributed by atoms with Crippen molar-refractivity contribution in [2.24, 2.45) is 5.92 Å². The van der Waals surface area contributed by atoms with Gasteiger partial charge in [-0.2, -0.15) is 4.98 Å². The Hall–Kier alpha value is -3.37. The molecule has 42 heavy (non-hydrogen) atoms. The summed E-state index contributed by atoms with van der Waals surface area (Å²) in [5, 5.41) is 6.77. The molecule has 232 valence electrons. The van der Waals surface area contributed by atoms with Crippen LogP contribution in [0.5, 0.6) is 5.75 Å². The van der Waals surface area contributed by atoms with Gasteiger partial charge in [-0.05, 0) is 76.5 Å². The van der Waals surface area contributed by atoms with Gasteiger partial charge in [0.1, 0.15) is 23.6 Å². The number of halogens is 1. The smallest absolute Gasteiger partial charge is 0.408 e. The van der Waals surface area contributed by atoms with E-state index in [2.05, 4.69) is 34.2 Å². The number of rotatable bonds is 11. The zero-order valence-corrected chi connectivity index (χ0v) is 25.6. The van der Waals surface area contributed by atoms with Gasteiger partial charge >= 0.3 is 12.1 Å². The Morgan fingerprint density at radius 2 is 1.83 bits per heavy atom. The lowest BCUT2D eigenvalue weighted by atomic mass is 9.92. The van der Waals surface area contributed by atoms with Gasteiger partial charge in [0.25, 0.3) is 0 Å². The van der Waals surface area contributed by atoms with Crippen LogP contribution in [-0.4, -0.2) is 77.6 Å². The summed E-state index contributed by atoms with van der Waals surface area (Å²) < 4.78 is 30.5. The maximum absolute atomic E-state index is 13.8. The van der Waals surface area contributed by atoms with Crippen LogP contribution in [0.1, 0.15) is 84.0 Å². The van der Waals surface area contributed by atoms with Gasteiger partial charge in [-0.3, -0.25) is 4.79 Å². The van der Waals surface area contributed by atoms with E-state index in [0.717, 1.165) is 55.9 Å². The van der Waals surface area contributed by atoms with Crippen LogP contribution >= 0.6 is 0 Å². The predicted octanol–water partition coefficient (Wildman–Crippen LogP) is 5.27. The van der Waals surface area contributed by atoms with Crippen LogP contribution in [0, 0.1) is 5.92 Å². The van der Waals surface area contributed by atoms with E-state index in [1.54, 1.807) is 20.8 Å². The van der Waals surface area contributed by atoms with Crippen molar-refractivity contribution < 1.29 is 28.0 Å². The van der Waals surface area contributed by atoms with Gasteiger partial charge in [-0.1, -0.05) is 31.1 Å². The van der Waals surface area contributed by atoms with Crippen molar-refractivity contribution in [1.29, 1.82) is 0 Å². The fourth-order valence-corrected chi connectivity index (χ4v) is 5.31. The molecule has 2 saturated heterocycles. The number of likely N-dealkylation sites (tertiary alicyclic amines) is 1. The van der Waals surface area contributed by atoms with E-state index in [9.17, 15) is 14.0 Å². The second kappa shape index (κ2) is 14.2. The molecule has 0 bridgehead atoms. The van der Waals surface area contributed by atoms with Crippen molar-refractivity contribution in [2.75, 3.05) is 37.7 Å². The van der Waals surface area contributed by atoms with Crippen molar-refractivity contribution in [3.63, 3.8) is 0 Å². The van der Waals surface area contributed by atoms with Crippen molar-refractivity contribution in [2.45, 2.75) is 96.9 Å². The minimum absolute atomic E-state index is 0.0506. The second-order valence-corrected chi connectivity index (χ2v) is 12.7. The minimum Gasteiger partial charge on any atom is -0.494 e. The number of aromatic nitrogens is 2. The number of hydrogen-bond acceptors (Lipinski definition) is 8. The van der Waals surface area contributed by atoms with Crippen molar-refractivity contribution in [3.8, 4) is 5.75 Å². The summed E-state index contributed by atoms with van der Waals surface area (Å²) in [6, 6.07) is 7.33. The number of nitrogens with one attached hydrogen (secondary N) is 1. The summed E-state index contributed by atoms with van der Waals surface area (Å²) in [6.45, 7) is 12.3. The Labute approximate surface area is 248 Å². The molecular formula is C31H46FN5O5. The maximum atomic E-state index is 13.8. The number of carbonyl (C=O) groups is 2. The molecule has 2 aliphatic rings. The second-order valence-electron chi connectivity index (χ2n) is 12.7. The average molecular weight is 588 g/mol. The number of carbonyl (C=O) groups excluding carboxylic acids is 2. The summed E-state index contributed by atoms with van der Waals surface area (Å²) in [5.41, 5.74) is 0.166. The SMILES string of the molecule is CC(C)c1noc(N2CCC(CCCOc3ccc(C[C@H](NC(=O)OC(C)(C)C)C(=O)N4CC[C@H](F)C4)cc3)CC2)n1. The van der Waals surface area contributed by atoms with Gasteiger partial charge in [0.2, 0.25) is 5.91 Å². The molecular weight excluding hydrogens is 541 g/mol. The molecule has 1 aromatic heterocycles. The highest BCUT2D eigenvalue weighted by Crippen LogP contribution is 2.26. The first kappa shape index (κ1) is 31.6. The van der Waals surface area contributed by atoms with E-state index < -0.39 is 23.9 Å². The fourth-order valence-electron chi connectivity index (χ4n) is 5.31. The van der Waals surface area contributed by atoms with E-state index in [0.29, 0.717) is 31.5 Å². The Balaban J connectivity index is 1.21. The molecule has 2 aliphatic heterocycles. The number of amides is 2. The van der Waals surface area contributed by atoms with E-state index in [1.165, 1.54) is 4.90 Å². The third-order valence-corrected chi connectivity index (χ3v) is 7.65. The zero-order valence-electron chi connectivity index (χ0n) is 25.6. The zero-order chi connectivity index (χ0) is 30.3. The fraction of sp³-hybridized carbons (Fsp3) is 0.677. The van der Waals surface area contributed by atoms with E-state index in [1.807, 2.05) is 24.3 Å². The van der Waals surface area contributed by atoms with Crippen LogP contribution in [0.2, 0.25) is 0 Å². The van der Waals surface area contributed by atoms with Crippen molar-refractivity contribution in [3.05, 3.63) is 35.7 Å². The maximum Gasteiger partial charge on any atom is 0.408 e. The number of benzene rings is 1. The molecule has 1 N–H and O–H groups in total. The largest absolute Gasteiger partial charge is 0.494 e. The van der Waals surface area contributed by atoms with Crippen LogP contribution in [0.4, 0.5) is 15.2 Å². The monoisotopic (exact) mass is 587 g/mol. The molecule has 2 aromatic rings. The first-order valence-corrected chi connectivity index (χ1v) is 15.2. The van der Waals surface area contributed by atoms with Crippen LogP contribution in [0.25, 0.3) is 0 Å². The van der Waals surface area contributed by atoms with E-state index in [-0.39, 0.29) is 24.8 Å². The van der Waals surface area contributed by atoms with Gasteiger partial charge in [0.15, 0.2) is 5.82 Å². The van der Waals surface area contributed by atoms with Crippen LogP contribution < -0.4 is 15.0 Å². The molecule has 1 aromatic carbocycles. The summed E-state index contributed by atoms with van der Waals surface area (Å²) in [5.74, 6) is 2.11. The number of alkyl carbamates (subject to hydrolysis) is 1. The molecule has 2 atom stereocenters. The van der Waals surface area contributed by atoms with Gasteiger partial charge in [0, 0.05) is 32.0 Å². The average Bonchev–Trinajstić information content (AvgIpc) is 3.60. The lowest BCUT2D eigenvalue weighted by molar-refractivity contribution is -0.132. The Kier molecular flexibility index (Phi) is 10.7. The quantitative estimate of drug-likeness (QED) is 0.354. The number of alkyl halides is 1. The molecule has 0 saturated carbocycles. The molecule has 0 spiro atoms. The van der Waals surface area contributed by atoms with E-state index >= 15 is 0 Å². The topological polar surface area (TPSA) is 110 Å². The molecule has 10 nitrogen and oxygen atoms in total. The Morgan fingerprint density at radius 1 is 1.12 bits per heavy atom. The van der Waals surface area contributed by atoms with Crippen molar-refractivity contribution >= 4 is 18.0 Å². The molecule has 3 heterocycles. The molecule has 0 aliphatic carbocycles. The van der Waals surface area contributed by atoms with Crippen molar-refractivity contribution in [1.82, 2.24) is 20.4 Å². The van der Waals surface area contributed by atoms with Crippen LogP contribution in [0.3, 0.4) is 0 Å². The van der Waals surface area contributed by atoms with Gasteiger partial charge in [0.05, 0.1) is 13.2 Å². The molecule has 4 rings (SSSR count). The third-order valence-electron chi connectivity index (χ3n) is 7.65. The van der Waals surface area contributed by atoms with Crippen LogP contribution in [0.15, 0.2) is 28.8 Å². The summed E-state index contributed by atoms with van der Waals surface area (Å²) >= 11 is 0. The highest BCUT2D eigenvalue weighted by atomic mass is 19.1. The summed E-state index contributed by atoms with van der Waals surface area (Å²) in [7, 11) is 0. The standard InChI is InChI=1S/C31H46FN5O5/c1-21(2)27-34-29(42-35-27)36-15-12-22(13-16-36)7-6-18-40-25-10-8-23(9-11-25)19-26(33-30(39)41-31(3,4)5)28(38)37-17-14-24(32)20-37/h8-11,21-22,24,26H,6-7,12-20H2,1-5H3,(H,33,39)/t24-,26-/m0/s1. The number of piperidine rings is 1. The Morgan fingerprint density at radius 3 is 2.43 bits per heavy atom. The molecule has 0 radical (unpaired) electrons. The molecule has 11 heteroatoms. The highest BCUT2D eigenvalue weighted by Gasteiger charge is 2.33. The van der Waals surface area contributed by atoms with Crippen LogP contribution in [-0.2, 0) is 16.0 Å². The van der Waals surface area contributed by atoms with Gasteiger partial charge < -0.3 is 29.1 Å². The van der Waals surface area contributed by atoms with E-state index in [4.69, 9.17) is 14.0 Å². The highest BCUT2D eigenvalue weighted by molar-refractivity contribution is 5.86. The first-order valence-electron chi connectivity index (χ1n) is 15.2. The number of ether oxygens (including phenoxy) is 2. The lowest BCUT2D eigenvalue weighted by Gasteiger charge is -2.30. The normalized spacial score (nSPS) is 18.8.